The summed E-state index contributed by atoms with van der Waals surface area (Å²) < 4.78 is 21.1. The number of methoxy groups -OCH3 is 1. The number of aromatic nitrogens is 4. The summed E-state index contributed by atoms with van der Waals surface area (Å²) in [6, 6.07) is 13.3. The molecule has 0 radical (unpaired) electrons. The molecule has 0 fully saturated rings. The zero-order valence-electron chi connectivity index (χ0n) is 18.4. The zero-order chi connectivity index (χ0) is 23.4. The van der Waals surface area contributed by atoms with Gasteiger partial charge in [-0.15, -0.1) is 0 Å². The first-order chi connectivity index (χ1) is 15.9. The Hall–Kier alpha value is -4.01. The molecular formula is C24H24FN5O3. The standard InChI is InChI=1S/C24H24FN5O3/c1-16-21-15-30(19-9-11-20(33-2)12-10-19)28-23(21)24(32)29(27-16)13-3-4-22(31)26-14-17-5-7-18(25)8-6-17/h5-12,15H,3-4,13-14H2,1-2H3,(H,26,31). The van der Waals surface area contributed by atoms with Crippen molar-refractivity contribution in [3.05, 3.63) is 82.2 Å². The van der Waals surface area contributed by atoms with Crippen molar-refractivity contribution in [1.82, 2.24) is 24.9 Å². The van der Waals surface area contributed by atoms with Gasteiger partial charge in [-0.05, 0) is 55.3 Å². The fourth-order valence-corrected chi connectivity index (χ4v) is 3.50. The summed E-state index contributed by atoms with van der Waals surface area (Å²) in [7, 11) is 1.60. The summed E-state index contributed by atoms with van der Waals surface area (Å²) in [5, 5.41) is 12.3. The first kappa shape index (κ1) is 22.2. The van der Waals surface area contributed by atoms with E-state index in [-0.39, 0.29) is 23.7 Å². The van der Waals surface area contributed by atoms with Gasteiger partial charge in [0.05, 0.1) is 18.5 Å². The molecule has 2 heterocycles. The molecular weight excluding hydrogens is 425 g/mol. The molecule has 0 bridgehead atoms. The Morgan fingerprint density at radius 3 is 2.52 bits per heavy atom. The third-order valence-corrected chi connectivity index (χ3v) is 5.33. The van der Waals surface area contributed by atoms with Crippen LogP contribution in [0.4, 0.5) is 4.39 Å². The van der Waals surface area contributed by atoms with Gasteiger partial charge in [0.25, 0.3) is 5.56 Å². The summed E-state index contributed by atoms with van der Waals surface area (Å²) in [5.74, 6) is 0.274. The number of benzene rings is 2. The normalized spacial score (nSPS) is 11.0. The van der Waals surface area contributed by atoms with Crippen molar-refractivity contribution in [2.75, 3.05) is 7.11 Å². The van der Waals surface area contributed by atoms with E-state index in [9.17, 15) is 14.0 Å². The van der Waals surface area contributed by atoms with Gasteiger partial charge in [-0.1, -0.05) is 12.1 Å². The molecule has 1 amide bonds. The molecule has 0 saturated carbocycles. The summed E-state index contributed by atoms with van der Waals surface area (Å²) >= 11 is 0. The van der Waals surface area contributed by atoms with Gasteiger partial charge in [0.15, 0.2) is 5.52 Å². The van der Waals surface area contributed by atoms with Gasteiger partial charge in [0, 0.05) is 31.1 Å². The molecule has 2 aromatic carbocycles. The second-order valence-corrected chi connectivity index (χ2v) is 7.65. The lowest BCUT2D eigenvalue weighted by Gasteiger charge is -2.07. The Balaban J connectivity index is 1.41. The molecule has 9 heteroatoms. The fourth-order valence-electron chi connectivity index (χ4n) is 3.50. The summed E-state index contributed by atoms with van der Waals surface area (Å²) in [5.41, 5.74) is 2.34. The quantitative estimate of drug-likeness (QED) is 0.446. The molecule has 2 aromatic heterocycles. The van der Waals surface area contributed by atoms with Crippen LogP contribution in [0.2, 0.25) is 0 Å². The lowest BCUT2D eigenvalue weighted by Crippen LogP contribution is -2.26. The maximum Gasteiger partial charge on any atom is 0.295 e. The van der Waals surface area contributed by atoms with Gasteiger partial charge in [-0.25, -0.2) is 13.8 Å². The van der Waals surface area contributed by atoms with Gasteiger partial charge < -0.3 is 10.1 Å². The molecule has 8 nitrogen and oxygen atoms in total. The number of fused-ring (bicyclic) bond motifs is 1. The highest BCUT2D eigenvalue weighted by molar-refractivity contribution is 5.79. The van der Waals surface area contributed by atoms with Gasteiger partial charge in [-0.2, -0.15) is 10.2 Å². The van der Waals surface area contributed by atoms with Crippen LogP contribution >= 0.6 is 0 Å². The third-order valence-electron chi connectivity index (χ3n) is 5.33. The third kappa shape index (κ3) is 5.08. The van der Waals surface area contributed by atoms with Crippen LogP contribution in [0.25, 0.3) is 16.6 Å². The second-order valence-electron chi connectivity index (χ2n) is 7.65. The van der Waals surface area contributed by atoms with Crippen molar-refractivity contribution in [2.24, 2.45) is 0 Å². The predicted molar refractivity (Wildman–Crippen MR) is 122 cm³/mol. The lowest BCUT2D eigenvalue weighted by atomic mass is 10.2. The number of halogens is 1. The number of amides is 1. The fraction of sp³-hybridized carbons (Fsp3) is 0.250. The number of ether oxygens (including phenoxy) is 1. The average molecular weight is 449 g/mol. The minimum absolute atomic E-state index is 0.144. The number of carbonyl (C=O) groups is 1. The molecule has 4 aromatic rings. The Labute approximate surface area is 189 Å². The number of aryl methyl sites for hydroxylation is 2. The van der Waals surface area contributed by atoms with Crippen LogP contribution in [-0.4, -0.2) is 32.6 Å². The Bertz CT molecular complexity index is 1330. The highest BCUT2D eigenvalue weighted by Gasteiger charge is 2.13. The van der Waals surface area contributed by atoms with Gasteiger partial charge >= 0.3 is 0 Å². The van der Waals surface area contributed by atoms with Gasteiger partial charge in [-0.3, -0.25) is 9.59 Å². The summed E-state index contributed by atoms with van der Waals surface area (Å²) in [6.07, 6.45) is 2.48. The van der Waals surface area contributed by atoms with Crippen molar-refractivity contribution >= 4 is 16.8 Å². The van der Waals surface area contributed by atoms with E-state index in [4.69, 9.17) is 4.74 Å². The molecule has 0 spiro atoms. The van der Waals surface area contributed by atoms with E-state index in [0.717, 1.165) is 17.0 Å². The number of hydrogen-bond donors (Lipinski definition) is 1. The molecule has 33 heavy (non-hydrogen) atoms. The van der Waals surface area contributed by atoms with E-state index >= 15 is 0 Å². The van der Waals surface area contributed by atoms with E-state index in [0.29, 0.717) is 36.1 Å². The van der Waals surface area contributed by atoms with Gasteiger partial charge in [0.1, 0.15) is 11.6 Å². The topological polar surface area (TPSA) is 91.0 Å². The molecule has 1 N–H and O–H groups in total. The number of hydrogen-bond acceptors (Lipinski definition) is 5. The summed E-state index contributed by atoms with van der Waals surface area (Å²) in [4.78, 5) is 25.0. The monoisotopic (exact) mass is 449 g/mol. The average Bonchev–Trinajstić information content (AvgIpc) is 3.28. The minimum atomic E-state index is -0.316. The van der Waals surface area contributed by atoms with Crippen LogP contribution in [0.3, 0.4) is 0 Å². The Morgan fingerprint density at radius 1 is 1.09 bits per heavy atom. The van der Waals surface area contributed by atoms with Crippen molar-refractivity contribution in [2.45, 2.75) is 32.9 Å². The number of nitrogens with zero attached hydrogens (tertiary/aromatic N) is 4. The first-order valence-electron chi connectivity index (χ1n) is 10.6. The second kappa shape index (κ2) is 9.64. The van der Waals surface area contributed by atoms with Crippen LogP contribution in [-0.2, 0) is 17.9 Å². The van der Waals surface area contributed by atoms with Crippen LogP contribution in [0.1, 0.15) is 24.1 Å². The largest absolute Gasteiger partial charge is 0.497 e. The summed E-state index contributed by atoms with van der Waals surface area (Å²) in [6.45, 7) is 2.45. The van der Waals surface area contributed by atoms with Crippen LogP contribution < -0.4 is 15.6 Å². The van der Waals surface area contributed by atoms with Crippen molar-refractivity contribution in [3.63, 3.8) is 0 Å². The number of carbonyl (C=O) groups excluding carboxylic acids is 1. The maximum absolute atomic E-state index is 13.0. The van der Waals surface area contributed by atoms with Crippen LogP contribution in [0.5, 0.6) is 5.75 Å². The van der Waals surface area contributed by atoms with E-state index in [1.165, 1.54) is 16.8 Å². The molecule has 0 aliphatic rings. The van der Waals surface area contributed by atoms with Crippen molar-refractivity contribution in [3.8, 4) is 11.4 Å². The molecule has 0 atom stereocenters. The Kier molecular flexibility index (Phi) is 6.48. The van der Waals surface area contributed by atoms with Crippen LogP contribution in [0, 0.1) is 12.7 Å². The maximum atomic E-state index is 13.0. The molecule has 170 valence electrons. The van der Waals surface area contributed by atoms with Crippen molar-refractivity contribution < 1.29 is 13.9 Å². The molecule has 0 aliphatic heterocycles. The first-order valence-corrected chi connectivity index (χ1v) is 10.6. The van der Waals surface area contributed by atoms with E-state index < -0.39 is 0 Å². The molecule has 0 saturated heterocycles. The highest BCUT2D eigenvalue weighted by atomic mass is 19.1. The van der Waals surface area contributed by atoms with Crippen molar-refractivity contribution in [1.29, 1.82) is 0 Å². The number of nitrogens with one attached hydrogen (secondary N) is 1. The minimum Gasteiger partial charge on any atom is -0.497 e. The molecule has 0 unspecified atom stereocenters. The highest BCUT2D eigenvalue weighted by Crippen LogP contribution is 2.18. The zero-order valence-corrected chi connectivity index (χ0v) is 18.4. The van der Waals surface area contributed by atoms with Gasteiger partial charge in [0.2, 0.25) is 5.91 Å². The molecule has 0 aliphatic carbocycles. The smallest absolute Gasteiger partial charge is 0.295 e. The van der Waals surface area contributed by atoms with E-state index in [1.807, 2.05) is 31.2 Å². The van der Waals surface area contributed by atoms with E-state index in [2.05, 4.69) is 15.5 Å². The predicted octanol–water partition coefficient (Wildman–Crippen LogP) is 3.13. The SMILES string of the molecule is COc1ccc(-n2cc3c(C)nn(CCCC(=O)NCc4ccc(F)cc4)c(=O)c3n2)cc1. The van der Waals surface area contributed by atoms with Crippen LogP contribution in [0.15, 0.2) is 59.5 Å². The Morgan fingerprint density at radius 2 is 1.82 bits per heavy atom. The lowest BCUT2D eigenvalue weighted by molar-refractivity contribution is -0.121. The van der Waals surface area contributed by atoms with E-state index in [1.54, 1.807) is 30.1 Å². The molecule has 4 rings (SSSR count). The number of rotatable bonds is 8.